The summed E-state index contributed by atoms with van der Waals surface area (Å²) in [5.74, 6) is -0.180. The molecule has 0 bridgehead atoms. The molecular formula is C23H28N6O4S. The number of aromatic nitrogens is 3. The van der Waals surface area contributed by atoms with Crippen LogP contribution < -0.4 is 15.9 Å². The SMILES string of the molecule is CCn1c(=O)[nH]c2cc(CN3CCN(c4ccc(C(=O)NC)nc4)CC3)ccc2c1=S.O=CO. The van der Waals surface area contributed by atoms with Crippen LogP contribution in [0.3, 0.4) is 0 Å². The van der Waals surface area contributed by atoms with Crippen molar-refractivity contribution in [1.29, 1.82) is 0 Å². The second-order valence-corrected chi connectivity index (χ2v) is 8.10. The van der Waals surface area contributed by atoms with Gasteiger partial charge in [0.25, 0.3) is 12.4 Å². The van der Waals surface area contributed by atoms with Crippen molar-refractivity contribution in [1.82, 2.24) is 24.8 Å². The number of rotatable bonds is 5. The largest absolute Gasteiger partial charge is 0.483 e. The summed E-state index contributed by atoms with van der Waals surface area (Å²) < 4.78 is 2.16. The molecule has 3 heterocycles. The van der Waals surface area contributed by atoms with Crippen molar-refractivity contribution < 1.29 is 14.7 Å². The van der Waals surface area contributed by atoms with E-state index in [1.807, 2.05) is 25.1 Å². The molecule has 0 atom stereocenters. The van der Waals surface area contributed by atoms with E-state index < -0.39 is 0 Å². The van der Waals surface area contributed by atoms with Crippen LogP contribution in [0.1, 0.15) is 23.0 Å². The molecule has 1 amide bonds. The molecule has 180 valence electrons. The number of hydrogen-bond acceptors (Lipinski definition) is 7. The van der Waals surface area contributed by atoms with Crippen molar-refractivity contribution in [3.05, 3.63) is 62.9 Å². The lowest BCUT2D eigenvalue weighted by atomic mass is 10.1. The van der Waals surface area contributed by atoms with Crippen molar-refractivity contribution in [2.24, 2.45) is 0 Å². The fraction of sp³-hybridized carbons (Fsp3) is 0.348. The number of aromatic amines is 1. The highest BCUT2D eigenvalue weighted by atomic mass is 32.1. The molecule has 0 radical (unpaired) electrons. The summed E-state index contributed by atoms with van der Waals surface area (Å²) >= 11 is 5.47. The van der Waals surface area contributed by atoms with Crippen molar-refractivity contribution in [2.75, 3.05) is 38.1 Å². The first-order valence-corrected chi connectivity index (χ1v) is 11.3. The average molecular weight is 485 g/mol. The highest BCUT2D eigenvalue weighted by Crippen LogP contribution is 2.19. The lowest BCUT2D eigenvalue weighted by Crippen LogP contribution is -2.46. The number of hydrogen-bond donors (Lipinski definition) is 3. The van der Waals surface area contributed by atoms with E-state index in [9.17, 15) is 9.59 Å². The minimum Gasteiger partial charge on any atom is -0.483 e. The van der Waals surface area contributed by atoms with E-state index in [-0.39, 0.29) is 18.1 Å². The van der Waals surface area contributed by atoms with E-state index in [4.69, 9.17) is 22.1 Å². The molecule has 1 fully saturated rings. The number of pyridine rings is 1. The van der Waals surface area contributed by atoms with Crippen molar-refractivity contribution in [3.8, 4) is 0 Å². The van der Waals surface area contributed by atoms with Crippen LogP contribution in [-0.2, 0) is 17.9 Å². The van der Waals surface area contributed by atoms with Gasteiger partial charge in [0.05, 0.1) is 17.4 Å². The molecule has 4 rings (SSSR count). The fourth-order valence-electron chi connectivity index (χ4n) is 3.95. The maximum absolute atomic E-state index is 12.2. The third-order valence-electron chi connectivity index (χ3n) is 5.71. The molecule has 1 aromatic carbocycles. The molecule has 3 aromatic rings. The summed E-state index contributed by atoms with van der Waals surface area (Å²) in [5.41, 5.74) is 3.22. The molecule has 0 saturated carbocycles. The topological polar surface area (TPSA) is 124 Å². The van der Waals surface area contributed by atoms with E-state index in [1.54, 1.807) is 23.9 Å². The van der Waals surface area contributed by atoms with Gasteiger partial charge in [0.15, 0.2) is 0 Å². The van der Waals surface area contributed by atoms with Crippen LogP contribution in [0, 0.1) is 4.64 Å². The number of H-pyrrole nitrogens is 1. The number of nitrogens with zero attached hydrogens (tertiary/aromatic N) is 4. The van der Waals surface area contributed by atoms with Gasteiger partial charge in [-0.2, -0.15) is 0 Å². The second kappa shape index (κ2) is 11.5. The van der Waals surface area contributed by atoms with Gasteiger partial charge in [-0.05, 0) is 36.8 Å². The number of carbonyl (C=O) groups is 2. The van der Waals surface area contributed by atoms with Gasteiger partial charge >= 0.3 is 5.69 Å². The number of benzene rings is 1. The summed E-state index contributed by atoms with van der Waals surface area (Å²) in [6, 6.07) is 9.82. The first kappa shape index (κ1) is 25.1. The van der Waals surface area contributed by atoms with E-state index in [0.717, 1.165) is 54.9 Å². The summed E-state index contributed by atoms with van der Waals surface area (Å²) in [7, 11) is 1.60. The predicted octanol–water partition coefficient (Wildman–Crippen LogP) is 1.86. The Morgan fingerprint density at radius 1 is 1.24 bits per heavy atom. The fourth-order valence-corrected chi connectivity index (χ4v) is 4.34. The quantitative estimate of drug-likeness (QED) is 0.370. The Morgan fingerprint density at radius 3 is 2.53 bits per heavy atom. The Labute approximate surface area is 201 Å². The van der Waals surface area contributed by atoms with Crippen molar-refractivity contribution >= 4 is 41.2 Å². The molecule has 2 aromatic heterocycles. The first-order chi connectivity index (χ1) is 16.4. The normalized spacial score (nSPS) is 13.8. The molecule has 0 unspecified atom stereocenters. The van der Waals surface area contributed by atoms with Crippen LogP contribution in [0.4, 0.5) is 5.69 Å². The Bertz CT molecular complexity index is 1260. The number of amides is 1. The molecule has 3 N–H and O–H groups in total. The minimum atomic E-state index is -0.250. The molecule has 10 nitrogen and oxygen atoms in total. The molecule has 0 spiro atoms. The van der Waals surface area contributed by atoms with E-state index in [2.05, 4.69) is 31.2 Å². The van der Waals surface area contributed by atoms with Gasteiger partial charge in [-0.15, -0.1) is 0 Å². The highest BCUT2D eigenvalue weighted by Gasteiger charge is 2.18. The molecule has 11 heteroatoms. The van der Waals surface area contributed by atoms with Crippen LogP contribution in [0.5, 0.6) is 0 Å². The lowest BCUT2D eigenvalue weighted by Gasteiger charge is -2.36. The first-order valence-electron chi connectivity index (χ1n) is 10.9. The van der Waals surface area contributed by atoms with Crippen LogP contribution in [0.25, 0.3) is 10.9 Å². The number of carbonyl (C=O) groups excluding carboxylic acids is 1. The zero-order chi connectivity index (χ0) is 24.7. The average Bonchev–Trinajstić information content (AvgIpc) is 2.85. The van der Waals surface area contributed by atoms with Gasteiger partial charge < -0.3 is 20.3 Å². The van der Waals surface area contributed by atoms with Crippen LogP contribution in [0.2, 0.25) is 0 Å². The standard InChI is InChI=1S/C22H26N6O2S.CH2O2/c1-3-28-21(31)17-6-4-15(12-19(17)25-22(28)30)14-26-8-10-27(11-9-26)16-5-7-18(24-13-16)20(29)23-2;2-1-3/h4-7,12-13H,3,8-11,14H2,1-2H3,(H,23,29)(H,25,30);1H,(H,2,3). The molecule has 1 aliphatic rings. The number of carboxylic acid groups (broad SMARTS) is 1. The minimum absolute atomic E-state index is 0.165. The zero-order valence-corrected chi connectivity index (χ0v) is 20.0. The molecule has 1 saturated heterocycles. The van der Waals surface area contributed by atoms with E-state index >= 15 is 0 Å². The van der Waals surface area contributed by atoms with E-state index in [1.165, 1.54) is 0 Å². The Kier molecular flexibility index (Phi) is 8.50. The summed E-state index contributed by atoms with van der Waals surface area (Å²) in [6.45, 7) is 6.65. The van der Waals surface area contributed by atoms with Gasteiger partial charge in [-0.25, -0.2) is 9.78 Å². The number of nitrogens with one attached hydrogen (secondary N) is 2. The number of fused-ring (bicyclic) bond motifs is 1. The van der Waals surface area contributed by atoms with Gasteiger partial charge in [0, 0.05) is 51.7 Å². The summed E-state index contributed by atoms with van der Waals surface area (Å²) in [6.07, 6.45) is 1.76. The lowest BCUT2D eigenvalue weighted by molar-refractivity contribution is -0.122. The molecular weight excluding hydrogens is 456 g/mol. The summed E-state index contributed by atoms with van der Waals surface area (Å²) in [5, 5.41) is 10.4. The maximum atomic E-state index is 12.2. The van der Waals surface area contributed by atoms with Gasteiger partial charge in [-0.3, -0.25) is 19.1 Å². The second-order valence-electron chi connectivity index (χ2n) is 7.71. The molecule has 1 aliphatic heterocycles. The van der Waals surface area contributed by atoms with Crippen LogP contribution >= 0.6 is 12.2 Å². The van der Waals surface area contributed by atoms with Crippen molar-refractivity contribution in [3.63, 3.8) is 0 Å². The van der Waals surface area contributed by atoms with E-state index in [0.29, 0.717) is 16.9 Å². The third kappa shape index (κ3) is 5.67. The van der Waals surface area contributed by atoms with Crippen molar-refractivity contribution in [2.45, 2.75) is 20.0 Å². The summed E-state index contributed by atoms with van der Waals surface area (Å²) in [4.78, 5) is 44.1. The van der Waals surface area contributed by atoms with Gasteiger partial charge in [-0.1, -0.05) is 18.3 Å². The maximum Gasteiger partial charge on any atom is 0.326 e. The monoisotopic (exact) mass is 484 g/mol. The Balaban J connectivity index is 0.00000103. The van der Waals surface area contributed by atoms with Gasteiger partial charge in [0.2, 0.25) is 0 Å². The number of anilines is 1. The number of piperazine rings is 1. The third-order valence-corrected chi connectivity index (χ3v) is 6.15. The Morgan fingerprint density at radius 2 is 1.94 bits per heavy atom. The van der Waals surface area contributed by atoms with Crippen LogP contribution in [-0.4, -0.2) is 70.1 Å². The molecule has 34 heavy (non-hydrogen) atoms. The predicted molar refractivity (Wildman–Crippen MR) is 133 cm³/mol. The highest BCUT2D eigenvalue weighted by molar-refractivity contribution is 7.71. The smallest absolute Gasteiger partial charge is 0.326 e. The zero-order valence-electron chi connectivity index (χ0n) is 19.2. The molecule has 0 aliphatic carbocycles. The Hall–Kier alpha value is -3.57. The van der Waals surface area contributed by atoms with Crippen LogP contribution in [0.15, 0.2) is 41.3 Å². The van der Waals surface area contributed by atoms with Gasteiger partial charge in [0.1, 0.15) is 10.3 Å².